The highest BCUT2D eigenvalue weighted by Crippen LogP contribution is 2.44. The molecule has 1 atom stereocenters. The minimum absolute atomic E-state index is 0.111. The Labute approximate surface area is 300 Å². The second-order valence-corrected chi connectivity index (χ2v) is 20.8. The van der Waals surface area contributed by atoms with E-state index in [-0.39, 0.29) is 29.8 Å². The first kappa shape index (κ1) is 39.3. The zero-order valence-corrected chi connectivity index (χ0v) is 32.1. The van der Waals surface area contributed by atoms with Crippen LogP contribution in [0.1, 0.15) is 77.8 Å². The number of nitrogens with zero attached hydrogens (tertiary/aromatic N) is 2. The number of carbonyl (C=O) groups excluding carboxylic acids is 2. The van der Waals surface area contributed by atoms with E-state index < -0.39 is 61.0 Å². The molecule has 0 unspecified atom stereocenters. The minimum atomic E-state index is -2.40. The Bertz CT molecular complexity index is 1800. The molecule has 1 aliphatic rings. The van der Waals surface area contributed by atoms with E-state index in [1.54, 1.807) is 32.9 Å². The summed E-state index contributed by atoms with van der Waals surface area (Å²) in [7, 11) is -2.40. The first-order valence-electron chi connectivity index (χ1n) is 16.8. The summed E-state index contributed by atoms with van der Waals surface area (Å²) in [5.74, 6) is -0.359. The Kier molecular flexibility index (Phi) is 11.3. The third kappa shape index (κ3) is 9.44. The van der Waals surface area contributed by atoms with Crippen molar-refractivity contribution in [2.75, 3.05) is 18.1 Å². The summed E-state index contributed by atoms with van der Waals surface area (Å²) in [6, 6.07) is 8.47. The summed E-state index contributed by atoms with van der Waals surface area (Å²) in [5, 5.41) is 2.42. The molecule has 2 heterocycles. The largest absolute Gasteiger partial charge is 0.530 e. The number of aromatic nitrogens is 1. The number of amides is 2. The zero-order valence-electron chi connectivity index (χ0n) is 31.1. The van der Waals surface area contributed by atoms with Crippen LogP contribution in [0.4, 0.5) is 23.7 Å². The lowest BCUT2D eigenvalue weighted by atomic mass is 9.91. The van der Waals surface area contributed by atoms with Crippen LogP contribution in [0.3, 0.4) is 0 Å². The van der Waals surface area contributed by atoms with Crippen LogP contribution >= 0.6 is 0 Å². The summed E-state index contributed by atoms with van der Waals surface area (Å²) in [6.07, 6.45) is 4.08. The number of hydrogen-bond acceptors (Lipinski definition) is 6. The summed E-state index contributed by atoms with van der Waals surface area (Å²) in [5.41, 5.74) is 0.537. The average Bonchev–Trinajstić information content (AvgIpc) is 3.25. The molecular formula is C39H48F3N3O5Si. The van der Waals surface area contributed by atoms with Gasteiger partial charge in [0.05, 0.1) is 11.4 Å². The lowest BCUT2D eigenvalue weighted by Crippen LogP contribution is -2.51. The molecule has 0 bridgehead atoms. The fraction of sp³-hybridized carbons (Fsp3) is 0.462. The molecule has 2 amide bonds. The number of ether oxygens (including phenoxy) is 2. The van der Waals surface area contributed by atoms with Crippen LogP contribution in [-0.2, 0) is 27.8 Å². The van der Waals surface area contributed by atoms with Gasteiger partial charge in [0.2, 0.25) is 11.8 Å². The van der Waals surface area contributed by atoms with Crippen LogP contribution in [-0.4, -0.2) is 50.1 Å². The topological polar surface area (TPSA) is 90.0 Å². The van der Waals surface area contributed by atoms with Gasteiger partial charge in [0, 0.05) is 48.1 Å². The summed E-state index contributed by atoms with van der Waals surface area (Å²) in [6.45, 7) is 19.4. The normalized spacial score (nSPS) is 14.7. The molecule has 274 valence electrons. The van der Waals surface area contributed by atoms with Crippen molar-refractivity contribution in [3.8, 4) is 24.0 Å². The van der Waals surface area contributed by atoms with Crippen LogP contribution in [0.15, 0.2) is 42.5 Å². The van der Waals surface area contributed by atoms with Crippen molar-refractivity contribution < 1.29 is 36.7 Å². The molecule has 0 saturated heterocycles. The van der Waals surface area contributed by atoms with Crippen molar-refractivity contribution >= 4 is 26.0 Å². The van der Waals surface area contributed by atoms with E-state index in [0.717, 1.165) is 17.7 Å². The van der Waals surface area contributed by atoms with Gasteiger partial charge in [-0.2, -0.15) is 0 Å². The second-order valence-electron chi connectivity index (χ2n) is 16.1. The number of anilines is 1. The van der Waals surface area contributed by atoms with Crippen LogP contribution in [0.25, 0.3) is 0 Å². The van der Waals surface area contributed by atoms with Crippen molar-refractivity contribution in [2.24, 2.45) is 0 Å². The van der Waals surface area contributed by atoms with Crippen molar-refractivity contribution in [1.29, 1.82) is 0 Å². The van der Waals surface area contributed by atoms with Crippen molar-refractivity contribution in [2.45, 2.75) is 103 Å². The van der Waals surface area contributed by atoms with Gasteiger partial charge in [0.1, 0.15) is 41.5 Å². The molecular weight excluding hydrogens is 676 g/mol. The molecule has 4 rings (SSSR count). The fourth-order valence-electron chi connectivity index (χ4n) is 5.44. The van der Waals surface area contributed by atoms with Crippen LogP contribution in [0, 0.1) is 29.8 Å². The third-order valence-electron chi connectivity index (χ3n) is 9.09. The Morgan fingerprint density at radius 3 is 2.20 bits per heavy atom. The smallest absolute Gasteiger partial charge is 0.408 e. The predicted molar refractivity (Wildman–Crippen MR) is 194 cm³/mol. The van der Waals surface area contributed by atoms with Gasteiger partial charge < -0.3 is 24.1 Å². The number of alkyl carbamates (subject to hydrolysis) is 1. The maximum absolute atomic E-state index is 15.4. The standard InChI is InChI=1S/C39H48F3N3O5Si/c1-12-17-48-27-20-29(41)28(30(42)21-27)22-31(43-36(47)49-37(2,3)4)35(46)45-23-39(8,9)33-32(45)19-25(18-24-13-15-26(40)16-14-24)34(44-33)50-51(10,11)38(5,6)7/h1,13-16,19-21,31H,17-18,22-23H2,2-11H3,(H,43,47)/t31-/m0/s1. The Morgan fingerprint density at radius 2 is 1.65 bits per heavy atom. The molecule has 0 radical (unpaired) electrons. The SMILES string of the molecule is C#CCOc1cc(F)c(C[C@H](NC(=O)OC(C)(C)C)C(=O)N2CC(C)(C)c3nc(O[Si](C)(C)C(C)(C)C)c(Cc4ccc(F)cc4)cc32)c(F)c1. The van der Waals surface area contributed by atoms with Gasteiger partial charge in [0.15, 0.2) is 0 Å². The van der Waals surface area contributed by atoms with E-state index in [4.69, 9.17) is 25.3 Å². The Hall–Kier alpha value is -4.50. The van der Waals surface area contributed by atoms with E-state index >= 15 is 8.78 Å². The number of halogens is 3. The van der Waals surface area contributed by atoms with E-state index in [9.17, 15) is 14.0 Å². The third-order valence-corrected chi connectivity index (χ3v) is 13.4. The first-order chi connectivity index (χ1) is 23.5. The van der Waals surface area contributed by atoms with Gasteiger partial charge in [-0.05, 0) is 62.7 Å². The number of rotatable bonds is 10. The molecule has 0 aliphatic carbocycles. The number of benzene rings is 2. The quantitative estimate of drug-likeness (QED) is 0.168. The number of hydrogen-bond donors (Lipinski definition) is 1. The van der Waals surface area contributed by atoms with E-state index in [0.29, 0.717) is 29.2 Å². The highest BCUT2D eigenvalue weighted by molar-refractivity contribution is 6.74. The molecule has 51 heavy (non-hydrogen) atoms. The fourth-order valence-corrected chi connectivity index (χ4v) is 6.41. The van der Waals surface area contributed by atoms with E-state index in [1.807, 2.05) is 19.9 Å². The first-order valence-corrected chi connectivity index (χ1v) is 19.7. The molecule has 0 saturated carbocycles. The summed E-state index contributed by atoms with van der Waals surface area (Å²) in [4.78, 5) is 34.1. The summed E-state index contributed by atoms with van der Waals surface area (Å²) >= 11 is 0. The van der Waals surface area contributed by atoms with Gasteiger partial charge in [-0.1, -0.05) is 52.7 Å². The van der Waals surface area contributed by atoms with Crippen LogP contribution < -0.4 is 19.4 Å². The molecule has 0 spiro atoms. The predicted octanol–water partition coefficient (Wildman–Crippen LogP) is 8.25. The summed E-state index contributed by atoms with van der Waals surface area (Å²) < 4.78 is 62.0. The second kappa shape index (κ2) is 14.6. The van der Waals surface area contributed by atoms with E-state index in [2.05, 4.69) is 45.1 Å². The molecule has 12 heteroatoms. The maximum Gasteiger partial charge on any atom is 0.408 e. The minimum Gasteiger partial charge on any atom is -0.530 e. The number of nitrogens with one attached hydrogen (secondary N) is 1. The zero-order chi connectivity index (χ0) is 38.1. The highest BCUT2D eigenvalue weighted by Gasteiger charge is 2.45. The van der Waals surface area contributed by atoms with E-state index in [1.165, 1.54) is 17.0 Å². The van der Waals surface area contributed by atoms with Gasteiger partial charge in [-0.15, -0.1) is 6.42 Å². The highest BCUT2D eigenvalue weighted by atomic mass is 28.4. The molecule has 8 nitrogen and oxygen atoms in total. The Morgan fingerprint density at radius 1 is 1.04 bits per heavy atom. The lowest BCUT2D eigenvalue weighted by molar-refractivity contribution is -0.120. The maximum atomic E-state index is 15.4. The van der Waals surface area contributed by atoms with Crippen molar-refractivity contribution in [3.63, 3.8) is 0 Å². The van der Waals surface area contributed by atoms with Gasteiger partial charge >= 0.3 is 6.09 Å². The average molecular weight is 724 g/mol. The monoisotopic (exact) mass is 723 g/mol. The van der Waals surface area contributed by atoms with Crippen molar-refractivity contribution in [3.05, 3.63) is 82.3 Å². The molecule has 3 aromatic rings. The number of pyridine rings is 1. The number of terminal acetylenes is 1. The van der Waals surface area contributed by atoms with Gasteiger partial charge in [-0.3, -0.25) is 4.79 Å². The molecule has 1 N–H and O–H groups in total. The van der Waals surface area contributed by atoms with Gasteiger partial charge in [0.25, 0.3) is 8.32 Å². The van der Waals surface area contributed by atoms with Crippen LogP contribution in [0.2, 0.25) is 18.1 Å². The van der Waals surface area contributed by atoms with Crippen LogP contribution in [0.5, 0.6) is 11.6 Å². The molecule has 1 aromatic heterocycles. The van der Waals surface area contributed by atoms with Crippen molar-refractivity contribution in [1.82, 2.24) is 10.3 Å². The lowest BCUT2D eigenvalue weighted by Gasteiger charge is -2.36. The molecule has 1 aliphatic heterocycles. The number of carbonyl (C=O) groups is 2. The van der Waals surface area contributed by atoms with Gasteiger partial charge in [-0.25, -0.2) is 22.9 Å². The molecule has 2 aromatic carbocycles. The number of fused-ring (bicyclic) bond motifs is 1. The molecule has 0 fully saturated rings. The Balaban J connectivity index is 1.81.